The molecule has 0 saturated heterocycles. The van der Waals surface area contributed by atoms with E-state index in [1.165, 1.54) is 17.4 Å². The van der Waals surface area contributed by atoms with Gasteiger partial charge in [-0.25, -0.2) is 8.78 Å². The third kappa shape index (κ3) is 2.67. The van der Waals surface area contributed by atoms with Crippen molar-refractivity contribution >= 4 is 33.0 Å². The van der Waals surface area contributed by atoms with Crippen molar-refractivity contribution in [2.24, 2.45) is 0 Å². The maximum absolute atomic E-state index is 13.4. The molecule has 1 aromatic heterocycles. The van der Waals surface area contributed by atoms with Gasteiger partial charge in [-0.05, 0) is 41.1 Å². The van der Waals surface area contributed by atoms with Crippen molar-refractivity contribution in [3.05, 3.63) is 55.7 Å². The molecule has 2 aromatic rings. The molecule has 1 nitrogen and oxygen atoms in total. The second-order valence-electron chi connectivity index (χ2n) is 3.81. The highest BCUT2D eigenvalue weighted by Crippen LogP contribution is 2.27. The zero-order chi connectivity index (χ0) is 13.3. The number of halogens is 3. The second kappa shape index (κ2) is 5.28. The number of carbonyl (C=O) groups excluding carboxylic acids is 1. The molecule has 0 aliphatic heterocycles. The molecular weight excluding hydrogens is 322 g/mol. The lowest BCUT2D eigenvalue weighted by Gasteiger charge is -2.02. The first-order valence-electron chi connectivity index (χ1n) is 5.21. The van der Waals surface area contributed by atoms with Crippen LogP contribution in [-0.4, -0.2) is 5.78 Å². The number of ketones is 1. The van der Waals surface area contributed by atoms with Crippen LogP contribution in [0.15, 0.2) is 28.7 Å². The smallest absolute Gasteiger partial charge is 0.177 e. The van der Waals surface area contributed by atoms with Crippen molar-refractivity contribution in [1.29, 1.82) is 0 Å². The van der Waals surface area contributed by atoms with Crippen LogP contribution in [-0.2, 0) is 6.42 Å². The molecule has 0 saturated carbocycles. The number of hydrogen-bond donors (Lipinski definition) is 0. The number of rotatable bonds is 3. The van der Waals surface area contributed by atoms with E-state index >= 15 is 0 Å². The number of thiophene rings is 1. The second-order valence-corrected chi connectivity index (χ2v) is 5.93. The largest absolute Gasteiger partial charge is 0.293 e. The van der Waals surface area contributed by atoms with Crippen molar-refractivity contribution < 1.29 is 13.6 Å². The Morgan fingerprint density at radius 3 is 2.44 bits per heavy atom. The van der Waals surface area contributed by atoms with Crippen LogP contribution in [0.2, 0.25) is 0 Å². The summed E-state index contributed by atoms with van der Waals surface area (Å²) in [5, 5.41) is 0. The minimum atomic E-state index is -0.685. The molecule has 94 valence electrons. The Morgan fingerprint density at radius 1 is 1.33 bits per heavy atom. The van der Waals surface area contributed by atoms with Gasteiger partial charge < -0.3 is 0 Å². The highest BCUT2D eigenvalue weighted by Gasteiger charge is 2.16. The van der Waals surface area contributed by atoms with Crippen LogP contribution >= 0.6 is 27.3 Å². The summed E-state index contributed by atoms with van der Waals surface area (Å²) in [6, 6.07) is 5.27. The van der Waals surface area contributed by atoms with Crippen molar-refractivity contribution in [3.63, 3.8) is 0 Å². The quantitative estimate of drug-likeness (QED) is 0.756. The fraction of sp³-hybridized carbons (Fsp3) is 0.154. The molecule has 0 aliphatic rings. The summed E-state index contributed by atoms with van der Waals surface area (Å²) in [5.74, 6) is -1.65. The van der Waals surface area contributed by atoms with Gasteiger partial charge in [0.2, 0.25) is 0 Å². The van der Waals surface area contributed by atoms with E-state index in [2.05, 4.69) is 15.9 Å². The molecule has 0 amide bonds. The zero-order valence-electron chi connectivity index (χ0n) is 9.47. The van der Waals surface area contributed by atoms with Crippen LogP contribution in [0.3, 0.4) is 0 Å². The highest BCUT2D eigenvalue weighted by molar-refractivity contribution is 9.10. The van der Waals surface area contributed by atoms with E-state index in [0.29, 0.717) is 4.88 Å². The van der Waals surface area contributed by atoms with E-state index in [1.54, 1.807) is 6.07 Å². The predicted octanol–water partition coefficient (Wildman–Crippen LogP) is 4.52. The summed E-state index contributed by atoms with van der Waals surface area (Å²) >= 11 is 4.62. The average Bonchev–Trinajstić information content (AvgIpc) is 2.64. The lowest BCUT2D eigenvalue weighted by Crippen LogP contribution is -2.05. The van der Waals surface area contributed by atoms with Gasteiger partial charge in [-0.2, -0.15) is 0 Å². The Hall–Kier alpha value is -1.07. The summed E-state index contributed by atoms with van der Waals surface area (Å²) in [7, 11) is 0. The van der Waals surface area contributed by atoms with Gasteiger partial charge in [0.05, 0.1) is 4.88 Å². The van der Waals surface area contributed by atoms with Crippen LogP contribution < -0.4 is 0 Å². The Morgan fingerprint density at radius 2 is 1.94 bits per heavy atom. The van der Waals surface area contributed by atoms with Gasteiger partial charge in [-0.15, -0.1) is 11.3 Å². The lowest BCUT2D eigenvalue weighted by atomic mass is 10.1. The molecule has 0 bridgehead atoms. The molecule has 0 aliphatic carbocycles. The molecule has 0 N–H and O–H groups in total. The topological polar surface area (TPSA) is 17.1 Å². The van der Waals surface area contributed by atoms with Gasteiger partial charge >= 0.3 is 0 Å². The van der Waals surface area contributed by atoms with Crippen molar-refractivity contribution in [2.75, 3.05) is 0 Å². The Balaban J connectivity index is 2.27. The van der Waals surface area contributed by atoms with Gasteiger partial charge in [-0.3, -0.25) is 4.79 Å². The molecule has 2 rings (SSSR count). The Kier molecular flexibility index (Phi) is 3.92. The third-order valence-corrected chi connectivity index (χ3v) is 4.71. The summed E-state index contributed by atoms with van der Waals surface area (Å²) in [5.41, 5.74) is -0.176. The Labute approximate surface area is 116 Å². The van der Waals surface area contributed by atoms with Gasteiger partial charge in [-0.1, -0.05) is 6.07 Å². The van der Waals surface area contributed by atoms with Crippen LogP contribution in [0, 0.1) is 18.6 Å². The molecule has 0 spiro atoms. The van der Waals surface area contributed by atoms with E-state index in [1.807, 2.05) is 6.92 Å². The van der Waals surface area contributed by atoms with Crippen molar-refractivity contribution in [3.8, 4) is 0 Å². The third-order valence-electron chi connectivity index (χ3n) is 2.53. The van der Waals surface area contributed by atoms with E-state index in [9.17, 15) is 13.6 Å². The fourth-order valence-electron chi connectivity index (χ4n) is 1.55. The normalized spacial score (nSPS) is 10.7. The van der Waals surface area contributed by atoms with Gasteiger partial charge in [0.15, 0.2) is 5.78 Å². The van der Waals surface area contributed by atoms with Gasteiger partial charge in [0.25, 0.3) is 0 Å². The predicted molar refractivity (Wildman–Crippen MR) is 71.1 cm³/mol. The minimum absolute atomic E-state index is 0.176. The first-order chi connectivity index (χ1) is 8.49. The number of aryl methyl sites for hydroxylation is 1. The van der Waals surface area contributed by atoms with Crippen LogP contribution in [0.5, 0.6) is 0 Å². The zero-order valence-corrected chi connectivity index (χ0v) is 11.9. The molecular formula is C13H9BrF2OS. The number of hydrogen-bond acceptors (Lipinski definition) is 2. The minimum Gasteiger partial charge on any atom is -0.293 e. The number of Topliss-reactive ketones (excluding diaryl/α,β-unsaturated/α-hetero) is 1. The molecule has 0 radical (unpaired) electrons. The average molecular weight is 331 g/mol. The maximum Gasteiger partial charge on any atom is 0.177 e. The SMILES string of the molecule is Cc1sc(C(=O)Cc2c(F)cccc2F)cc1Br. The first kappa shape index (κ1) is 13.4. The highest BCUT2D eigenvalue weighted by atomic mass is 79.9. The van der Waals surface area contributed by atoms with Gasteiger partial charge in [0, 0.05) is 21.3 Å². The Bertz CT molecular complexity index is 567. The van der Waals surface area contributed by atoms with Crippen molar-refractivity contribution in [2.45, 2.75) is 13.3 Å². The first-order valence-corrected chi connectivity index (χ1v) is 6.82. The number of benzene rings is 1. The molecule has 18 heavy (non-hydrogen) atoms. The molecule has 1 aromatic carbocycles. The summed E-state index contributed by atoms with van der Waals surface area (Å²) in [6.45, 7) is 1.87. The lowest BCUT2D eigenvalue weighted by molar-refractivity contribution is 0.0994. The monoisotopic (exact) mass is 330 g/mol. The van der Waals surface area contributed by atoms with E-state index < -0.39 is 11.6 Å². The van der Waals surface area contributed by atoms with Gasteiger partial charge in [0.1, 0.15) is 11.6 Å². The molecule has 0 unspecified atom stereocenters. The maximum atomic E-state index is 13.4. The summed E-state index contributed by atoms with van der Waals surface area (Å²) < 4.78 is 27.7. The van der Waals surface area contributed by atoms with E-state index in [0.717, 1.165) is 21.5 Å². The molecule has 1 heterocycles. The van der Waals surface area contributed by atoms with Crippen LogP contribution in [0.4, 0.5) is 8.78 Å². The molecule has 0 atom stereocenters. The van der Waals surface area contributed by atoms with E-state index in [4.69, 9.17) is 0 Å². The van der Waals surface area contributed by atoms with Crippen LogP contribution in [0.1, 0.15) is 20.1 Å². The standard InChI is InChI=1S/C13H9BrF2OS/c1-7-9(14)6-13(18-7)12(17)5-8-10(15)3-2-4-11(8)16/h2-4,6H,5H2,1H3. The summed E-state index contributed by atoms with van der Waals surface area (Å²) in [4.78, 5) is 13.4. The number of carbonyl (C=O) groups is 1. The molecule has 0 fully saturated rings. The molecule has 5 heteroatoms. The fourth-order valence-corrected chi connectivity index (χ4v) is 3.02. The summed E-state index contributed by atoms with van der Waals surface area (Å²) in [6.07, 6.45) is -0.259. The van der Waals surface area contributed by atoms with Crippen LogP contribution in [0.25, 0.3) is 0 Å². The van der Waals surface area contributed by atoms with E-state index in [-0.39, 0.29) is 17.8 Å². The van der Waals surface area contributed by atoms with Crippen molar-refractivity contribution in [1.82, 2.24) is 0 Å².